The lowest BCUT2D eigenvalue weighted by molar-refractivity contribution is 0.111. The molecule has 1 aromatic heterocycles. The summed E-state index contributed by atoms with van der Waals surface area (Å²) in [4.78, 5) is 11.2. The molecule has 0 atom stereocenters. The molecule has 0 saturated heterocycles. The lowest BCUT2D eigenvalue weighted by Crippen LogP contribution is -2.12. The van der Waals surface area contributed by atoms with Crippen molar-refractivity contribution in [2.75, 3.05) is 6.61 Å². The van der Waals surface area contributed by atoms with Crippen molar-refractivity contribution in [3.63, 3.8) is 0 Å². The highest BCUT2D eigenvalue weighted by Crippen LogP contribution is 2.40. The average molecular weight is 338 g/mol. The second-order valence-corrected chi connectivity index (χ2v) is 6.78. The average Bonchev–Trinajstić information content (AvgIpc) is 3.37. The van der Waals surface area contributed by atoms with Gasteiger partial charge in [-0.3, -0.25) is 9.48 Å². The van der Waals surface area contributed by atoms with Gasteiger partial charge in [-0.05, 0) is 67.9 Å². The molecule has 0 aliphatic heterocycles. The number of phenols is 1. The normalized spacial score (nSPS) is 17.6. The molecule has 4 rings (SSSR count). The molecule has 1 saturated carbocycles. The smallest absolute Gasteiger partial charge is 0.157 e. The molecule has 25 heavy (non-hydrogen) atoms. The number of hydrogen-bond acceptors (Lipinski definition) is 4. The third-order valence-electron chi connectivity index (χ3n) is 5.02. The number of allylic oxidation sites excluding steroid dienone is 1. The van der Waals surface area contributed by atoms with E-state index in [-0.39, 0.29) is 11.3 Å². The molecule has 0 radical (unpaired) electrons. The summed E-state index contributed by atoms with van der Waals surface area (Å²) in [7, 11) is 0. The van der Waals surface area contributed by atoms with Crippen LogP contribution in [0.5, 0.6) is 11.5 Å². The molecule has 2 aliphatic rings. The van der Waals surface area contributed by atoms with Crippen LogP contribution in [0, 0.1) is 0 Å². The SMILES string of the molecule is O=Cc1c(O)cccc1OCC1=C(c2ccnn2C2CC2)CCCC1. The van der Waals surface area contributed by atoms with Gasteiger partial charge in [-0.1, -0.05) is 6.07 Å². The molecule has 1 fully saturated rings. The first-order chi connectivity index (χ1) is 12.3. The fourth-order valence-electron chi connectivity index (χ4n) is 3.54. The molecule has 1 heterocycles. The predicted molar refractivity (Wildman–Crippen MR) is 94.9 cm³/mol. The Bertz CT molecular complexity index is 818. The summed E-state index contributed by atoms with van der Waals surface area (Å²) in [5.74, 6) is 0.389. The Morgan fingerprint density at radius 1 is 1.24 bits per heavy atom. The van der Waals surface area contributed by atoms with Crippen LogP contribution in [0.2, 0.25) is 0 Å². The first-order valence-corrected chi connectivity index (χ1v) is 8.92. The number of carbonyl (C=O) groups is 1. The summed E-state index contributed by atoms with van der Waals surface area (Å²) >= 11 is 0. The van der Waals surface area contributed by atoms with E-state index < -0.39 is 0 Å². The van der Waals surface area contributed by atoms with Crippen LogP contribution >= 0.6 is 0 Å². The van der Waals surface area contributed by atoms with E-state index in [4.69, 9.17) is 4.74 Å². The number of rotatable bonds is 6. The Morgan fingerprint density at radius 2 is 2.08 bits per heavy atom. The van der Waals surface area contributed by atoms with Gasteiger partial charge in [0.15, 0.2) is 6.29 Å². The summed E-state index contributed by atoms with van der Waals surface area (Å²) in [6.45, 7) is 0.440. The van der Waals surface area contributed by atoms with Crippen LogP contribution in [-0.4, -0.2) is 27.8 Å². The Kier molecular flexibility index (Phi) is 4.30. The molecule has 0 bridgehead atoms. The molecule has 5 nitrogen and oxygen atoms in total. The number of nitrogens with zero attached hydrogens (tertiary/aromatic N) is 2. The molecular formula is C20H22N2O3. The van der Waals surface area contributed by atoms with Crippen LogP contribution in [0.25, 0.3) is 5.57 Å². The molecule has 0 spiro atoms. The van der Waals surface area contributed by atoms with E-state index in [9.17, 15) is 9.90 Å². The van der Waals surface area contributed by atoms with E-state index in [1.165, 1.54) is 42.2 Å². The number of carbonyl (C=O) groups excluding carboxylic acids is 1. The molecule has 2 aromatic rings. The third kappa shape index (κ3) is 3.18. The maximum atomic E-state index is 11.2. The van der Waals surface area contributed by atoms with Crippen molar-refractivity contribution in [1.29, 1.82) is 0 Å². The lowest BCUT2D eigenvalue weighted by Gasteiger charge is -2.22. The van der Waals surface area contributed by atoms with Crippen molar-refractivity contribution in [3.8, 4) is 11.5 Å². The zero-order valence-electron chi connectivity index (χ0n) is 14.1. The minimum atomic E-state index is -0.0443. The topological polar surface area (TPSA) is 64.3 Å². The minimum absolute atomic E-state index is 0.0443. The summed E-state index contributed by atoms with van der Waals surface area (Å²) in [6.07, 6.45) is 9.31. The quantitative estimate of drug-likeness (QED) is 0.804. The van der Waals surface area contributed by atoms with Gasteiger partial charge in [0.1, 0.15) is 18.1 Å². The van der Waals surface area contributed by atoms with Crippen LogP contribution < -0.4 is 4.74 Å². The molecule has 2 aliphatic carbocycles. The zero-order valence-corrected chi connectivity index (χ0v) is 14.1. The van der Waals surface area contributed by atoms with Crippen LogP contribution in [-0.2, 0) is 0 Å². The first kappa shape index (κ1) is 15.9. The highest BCUT2D eigenvalue weighted by atomic mass is 16.5. The second kappa shape index (κ2) is 6.75. The summed E-state index contributed by atoms with van der Waals surface area (Å²) in [5.41, 5.74) is 4.04. The zero-order chi connectivity index (χ0) is 17.2. The van der Waals surface area contributed by atoms with Gasteiger partial charge in [0, 0.05) is 6.20 Å². The van der Waals surface area contributed by atoms with Crippen LogP contribution in [0.3, 0.4) is 0 Å². The van der Waals surface area contributed by atoms with Gasteiger partial charge < -0.3 is 9.84 Å². The summed E-state index contributed by atoms with van der Waals surface area (Å²) in [6, 6.07) is 7.56. The predicted octanol–water partition coefficient (Wildman–Crippen LogP) is 4.14. The number of benzene rings is 1. The third-order valence-corrected chi connectivity index (χ3v) is 5.02. The summed E-state index contributed by atoms with van der Waals surface area (Å²) < 4.78 is 8.07. The maximum absolute atomic E-state index is 11.2. The molecule has 1 N–H and O–H groups in total. The number of hydrogen-bond donors (Lipinski definition) is 1. The molecule has 0 unspecified atom stereocenters. The van der Waals surface area contributed by atoms with Gasteiger partial charge in [0.2, 0.25) is 0 Å². The van der Waals surface area contributed by atoms with E-state index >= 15 is 0 Å². The molecule has 5 heteroatoms. The van der Waals surface area contributed by atoms with Crippen molar-refractivity contribution in [3.05, 3.63) is 47.3 Å². The van der Waals surface area contributed by atoms with Gasteiger partial charge >= 0.3 is 0 Å². The van der Waals surface area contributed by atoms with Crippen molar-refractivity contribution in [1.82, 2.24) is 9.78 Å². The lowest BCUT2D eigenvalue weighted by atomic mass is 9.90. The van der Waals surface area contributed by atoms with Crippen molar-refractivity contribution >= 4 is 11.9 Å². The van der Waals surface area contributed by atoms with Gasteiger partial charge in [-0.2, -0.15) is 5.10 Å². The highest BCUT2D eigenvalue weighted by Gasteiger charge is 2.28. The van der Waals surface area contributed by atoms with Crippen LogP contribution in [0.15, 0.2) is 36.0 Å². The van der Waals surface area contributed by atoms with Crippen molar-refractivity contribution in [2.24, 2.45) is 0 Å². The standard InChI is InChI=1S/C20H22N2O3/c23-12-17-19(24)6-3-7-20(17)25-13-14-4-1-2-5-16(14)18-10-11-21-22(18)15-8-9-15/h3,6-7,10-12,15,24H,1-2,4-5,8-9,13H2. The Hall–Kier alpha value is -2.56. The molecule has 0 amide bonds. The van der Waals surface area contributed by atoms with E-state index in [1.807, 2.05) is 6.20 Å². The van der Waals surface area contributed by atoms with Gasteiger partial charge in [0.25, 0.3) is 0 Å². The fourth-order valence-corrected chi connectivity index (χ4v) is 3.54. The van der Waals surface area contributed by atoms with Gasteiger partial charge in [-0.25, -0.2) is 0 Å². The molecule has 130 valence electrons. The van der Waals surface area contributed by atoms with E-state index in [0.29, 0.717) is 24.7 Å². The Labute approximate surface area is 146 Å². The largest absolute Gasteiger partial charge is 0.507 e. The van der Waals surface area contributed by atoms with E-state index in [1.54, 1.807) is 12.1 Å². The number of phenolic OH excluding ortho intramolecular Hbond substituents is 1. The van der Waals surface area contributed by atoms with E-state index in [2.05, 4.69) is 15.8 Å². The van der Waals surface area contributed by atoms with Gasteiger partial charge in [-0.15, -0.1) is 0 Å². The molecular weight excluding hydrogens is 316 g/mol. The molecule has 1 aromatic carbocycles. The van der Waals surface area contributed by atoms with Gasteiger partial charge in [0.05, 0.1) is 17.3 Å². The number of aromatic nitrogens is 2. The number of ether oxygens (including phenoxy) is 1. The van der Waals surface area contributed by atoms with Crippen LogP contribution in [0.4, 0.5) is 0 Å². The monoisotopic (exact) mass is 338 g/mol. The fraction of sp³-hybridized carbons (Fsp3) is 0.400. The number of aldehydes is 1. The summed E-state index contributed by atoms with van der Waals surface area (Å²) in [5, 5.41) is 14.3. The highest BCUT2D eigenvalue weighted by molar-refractivity contribution is 5.83. The number of aromatic hydroxyl groups is 1. The Balaban J connectivity index is 1.61. The van der Waals surface area contributed by atoms with E-state index in [0.717, 1.165) is 19.3 Å². The van der Waals surface area contributed by atoms with Crippen LogP contribution in [0.1, 0.15) is 60.6 Å². The minimum Gasteiger partial charge on any atom is -0.507 e. The van der Waals surface area contributed by atoms with Crippen molar-refractivity contribution in [2.45, 2.75) is 44.6 Å². The Morgan fingerprint density at radius 3 is 2.88 bits per heavy atom. The second-order valence-electron chi connectivity index (χ2n) is 6.78. The maximum Gasteiger partial charge on any atom is 0.157 e. The van der Waals surface area contributed by atoms with Crippen molar-refractivity contribution < 1.29 is 14.6 Å². The first-order valence-electron chi connectivity index (χ1n) is 8.92.